The summed E-state index contributed by atoms with van der Waals surface area (Å²) in [5.74, 6) is -0.366. The second-order valence-electron chi connectivity index (χ2n) is 8.62. The van der Waals surface area contributed by atoms with Crippen LogP contribution in [0.1, 0.15) is 25.7 Å². The van der Waals surface area contributed by atoms with Crippen LogP contribution in [-0.4, -0.2) is 54.4 Å². The second-order valence-corrected chi connectivity index (χ2v) is 8.62. The van der Waals surface area contributed by atoms with Gasteiger partial charge in [0.25, 0.3) is 0 Å². The number of rotatable bonds is 2. The Kier molecular flexibility index (Phi) is 5.30. The Morgan fingerprint density at radius 2 is 1.88 bits per heavy atom. The fourth-order valence-electron chi connectivity index (χ4n) is 4.92. The molecule has 2 bridgehead atoms. The number of aromatic nitrogens is 2. The smallest absolute Gasteiger partial charge is 0.366 e. The van der Waals surface area contributed by atoms with Crippen molar-refractivity contribution in [2.45, 2.75) is 37.9 Å². The van der Waals surface area contributed by atoms with E-state index in [1.165, 1.54) is 0 Å². The van der Waals surface area contributed by atoms with Crippen molar-refractivity contribution in [2.75, 3.05) is 46.2 Å². The third-order valence-electron chi connectivity index (χ3n) is 6.51. The molecule has 2 aromatic heterocycles. The van der Waals surface area contributed by atoms with Crippen molar-refractivity contribution in [3.8, 4) is 0 Å². The number of carbonyl (C=O) groups excluding carboxylic acids is 1. The summed E-state index contributed by atoms with van der Waals surface area (Å²) in [6.45, 7) is 2.01. The van der Waals surface area contributed by atoms with Gasteiger partial charge in [0.15, 0.2) is 5.82 Å². The van der Waals surface area contributed by atoms with E-state index in [1.54, 1.807) is 40.4 Å². The van der Waals surface area contributed by atoms with Gasteiger partial charge in [-0.1, -0.05) is 0 Å². The lowest BCUT2D eigenvalue weighted by molar-refractivity contribution is -0.176. The minimum atomic E-state index is -4.22. The van der Waals surface area contributed by atoms with Crippen LogP contribution >= 0.6 is 0 Å². The normalized spacial score (nSPS) is 23.0. The molecule has 5 rings (SSSR count). The molecule has 0 aliphatic carbocycles. The Morgan fingerprint density at radius 3 is 2.66 bits per heavy atom. The first kappa shape index (κ1) is 20.8. The van der Waals surface area contributed by atoms with Gasteiger partial charge in [0.1, 0.15) is 5.82 Å². The molecule has 0 radical (unpaired) electrons. The van der Waals surface area contributed by atoms with E-state index in [9.17, 15) is 18.0 Å². The maximum Gasteiger partial charge on any atom is 0.393 e. The molecule has 7 nitrogen and oxygen atoms in total. The quantitative estimate of drug-likeness (QED) is 0.746. The number of fused-ring (bicyclic) bond motifs is 4. The summed E-state index contributed by atoms with van der Waals surface area (Å²) >= 11 is 0. The van der Waals surface area contributed by atoms with Gasteiger partial charge >= 0.3 is 12.2 Å². The topological polar surface area (TPSA) is 64.6 Å². The number of nitrogens with zero attached hydrogens (tertiary/aromatic N) is 5. The van der Waals surface area contributed by atoms with Gasteiger partial charge in [-0.15, -0.1) is 0 Å². The molecule has 0 spiro atoms. The lowest BCUT2D eigenvalue weighted by atomic mass is 9.97. The summed E-state index contributed by atoms with van der Waals surface area (Å²) in [5, 5.41) is 2.89. The zero-order valence-electron chi connectivity index (χ0n) is 17.6. The highest BCUT2D eigenvalue weighted by molar-refractivity contribution is 6.04. The van der Waals surface area contributed by atoms with E-state index < -0.39 is 12.1 Å². The van der Waals surface area contributed by atoms with Gasteiger partial charge in [-0.2, -0.15) is 13.2 Å². The van der Waals surface area contributed by atoms with Crippen molar-refractivity contribution in [3.05, 3.63) is 36.7 Å². The highest BCUT2D eigenvalue weighted by atomic mass is 19.4. The third-order valence-corrected chi connectivity index (χ3v) is 6.51. The van der Waals surface area contributed by atoms with Crippen molar-refractivity contribution >= 4 is 29.0 Å². The Labute approximate surface area is 184 Å². The molecule has 2 amide bonds. The monoisotopic (exact) mass is 446 g/mol. The van der Waals surface area contributed by atoms with Gasteiger partial charge in [-0.25, -0.2) is 9.78 Å². The van der Waals surface area contributed by atoms with E-state index in [2.05, 4.69) is 15.2 Å². The molecule has 2 atom stereocenters. The van der Waals surface area contributed by atoms with Gasteiger partial charge in [-0.3, -0.25) is 9.88 Å². The lowest BCUT2D eigenvalue weighted by Crippen LogP contribution is -2.56. The summed E-state index contributed by atoms with van der Waals surface area (Å²) < 4.78 is 39.9. The molecule has 170 valence electrons. The van der Waals surface area contributed by atoms with Gasteiger partial charge in [0.2, 0.25) is 0 Å². The molecule has 2 aromatic rings. The SMILES string of the molecule is O=C(Nc1cccnc1)N1c2nc(N3CCC[C@H](C(F)(F)F)C3)ccc2N2CCC[C@H]1C2. The summed E-state index contributed by atoms with van der Waals surface area (Å²) in [6, 6.07) is 6.83. The minimum absolute atomic E-state index is 0.0417. The molecule has 0 aromatic carbocycles. The van der Waals surface area contributed by atoms with Gasteiger partial charge < -0.3 is 15.1 Å². The fourth-order valence-corrected chi connectivity index (χ4v) is 4.92. The summed E-state index contributed by atoms with van der Waals surface area (Å²) in [4.78, 5) is 27.6. The molecular weight excluding hydrogens is 421 g/mol. The first-order valence-corrected chi connectivity index (χ1v) is 11.0. The molecule has 1 N–H and O–H groups in total. The van der Waals surface area contributed by atoms with Gasteiger partial charge in [-0.05, 0) is 49.9 Å². The number of urea groups is 1. The van der Waals surface area contributed by atoms with E-state index >= 15 is 0 Å². The van der Waals surface area contributed by atoms with Crippen LogP contribution < -0.4 is 20.0 Å². The number of amides is 2. The van der Waals surface area contributed by atoms with E-state index in [0.29, 0.717) is 36.8 Å². The third kappa shape index (κ3) is 3.93. The molecule has 32 heavy (non-hydrogen) atoms. The van der Waals surface area contributed by atoms with E-state index in [-0.39, 0.29) is 25.0 Å². The number of hydrogen-bond donors (Lipinski definition) is 1. The number of carbonyl (C=O) groups is 1. The van der Waals surface area contributed by atoms with Crippen LogP contribution in [0.5, 0.6) is 0 Å². The average Bonchev–Trinajstić information content (AvgIpc) is 2.79. The van der Waals surface area contributed by atoms with Crippen LogP contribution in [0, 0.1) is 5.92 Å². The minimum Gasteiger partial charge on any atom is -0.366 e. The highest BCUT2D eigenvalue weighted by Gasteiger charge is 2.43. The Morgan fingerprint density at radius 1 is 1.06 bits per heavy atom. The zero-order valence-corrected chi connectivity index (χ0v) is 17.6. The standard InChI is InChI=1S/C22H25F3N6O/c23-22(24,25)15-4-2-11-30(13-15)19-8-7-18-20(28-19)31(17-6-3-10-29(18)14-17)21(32)27-16-5-1-9-26-12-16/h1,5,7-9,12,15,17H,2-4,6,10-11,13-14H2,(H,27,32)/t15-,17-/m0/s1. The number of hydrogen-bond acceptors (Lipinski definition) is 5. The Balaban J connectivity index is 1.47. The largest absolute Gasteiger partial charge is 0.393 e. The number of piperidine rings is 2. The van der Waals surface area contributed by atoms with Crippen LogP contribution in [0.4, 0.5) is 41.0 Å². The van der Waals surface area contributed by atoms with Crippen molar-refractivity contribution in [3.63, 3.8) is 0 Å². The first-order chi connectivity index (χ1) is 15.4. The van der Waals surface area contributed by atoms with Crippen molar-refractivity contribution < 1.29 is 18.0 Å². The molecule has 3 aliphatic rings. The molecule has 2 fully saturated rings. The van der Waals surface area contributed by atoms with Crippen molar-refractivity contribution in [2.24, 2.45) is 5.92 Å². The van der Waals surface area contributed by atoms with Crippen LogP contribution in [-0.2, 0) is 0 Å². The molecule has 0 saturated carbocycles. The molecular formula is C22H25F3N6O. The number of nitrogens with one attached hydrogen (secondary N) is 1. The van der Waals surface area contributed by atoms with Crippen LogP contribution in [0.25, 0.3) is 0 Å². The van der Waals surface area contributed by atoms with E-state index in [4.69, 9.17) is 4.98 Å². The second kappa shape index (κ2) is 8.14. The van der Waals surface area contributed by atoms with Crippen LogP contribution in [0.3, 0.4) is 0 Å². The number of alkyl halides is 3. The molecule has 3 aliphatic heterocycles. The molecule has 0 unspecified atom stereocenters. The molecule has 10 heteroatoms. The highest BCUT2D eigenvalue weighted by Crippen LogP contribution is 2.41. The summed E-state index contributed by atoms with van der Waals surface area (Å²) in [7, 11) is 0. The van der Waals surface area contributed by atoms with Crippen LogP contribution in [0.2, 0.25) is 0 Å². The Bertz CT molecular complexity index is 985. The predicted molar refractivity (Wildman–Crippen MR) is 116 cm³/mol. The van der Waals surface area contributed by atoms with Crippen molar-refractivity contribution in [1.82, 2.24) is 9.97 Å². The fraction of sp³-hybridized carbons (Fsp3) is 0.500. The summed E-state index contributed by atoms with van der Waals surface area (Å²) in [5.41, 5.74) is 1.42. The van der Waals surface area contributed by atoms with Gasteiger partial charge in [0, 0.05) is 32.4 Å². The molecule has 5 heterocycles. The maximum absolute atomic E-state index is 13.3. The maximum atomic E-state index is 13.3. The number of anilines is 4. The molecule has 2 saturated heterocycles. The zero-order chi connectivity index (χ0) is 22.3. The first-order valence-electron chi connectivity index (χ1n) is 11.0. The lowest BCUT2D eigenvalue weighted by Gasteiger charge is -2.46. The predicted octanol–water partition coefficient (Wildman–Crippen LogP) is 4.28. The Hall–Kier alpha value is -3.04. The summed E-state index contributed by atoms with van der Waals surface area (Å²) in [6.07, 6.45) is 1.40. The van der Waals surface area contributed by atoms with Gasteiger partial charge in [0.05, 0.1) is 29.5 Å². The van der Waals surface area contributed by atoms with E-state index in [0.717, 1.165) is 25.1 Å². The van der Waals surface area contributed by atoms with E-state index in [1.807, 2.05) is 6.07 Å². The van der Waals surface area contributed by atoms with Crippen LogP contribution in [0.15, 0.2) is 36.7 Å². The average molecular weight is 446 g/mol. The number of halogens is 3. The number of pyridine rings is 2. The van der Waals surface area contributed by atoms with Crippen molar-refractivity contribution in [1.29, 1.82) is 0 Å².